The van der Waals surface area contributed by atoms with Gasteiger partial charge >= 0.3 is 0 Å². The smallest absolute Gasteiger partial charge is 0.267 e. The number of anilines is 1. The summed E-state index contributed by atoms with van der Waals surface area (Å²) >= 11 is 8.00. The lowest BCUT2D eigenvalue weighted by Crippen LogP contribution is -2.21. The molecule has 25 heavy (non-hydrogen) atoms. The van der Waals surface area contributed by atoms with E-state index in [1.54, 1.807) is 19.1 Å². The van der Waals surface area contributed by atoms with E-state index in [4.69, 9.17) is 11.6 Å². The first-order chi connectivity index (χ1) is 11.9. The van der Waals surface area contributed by atoms with Crippen molar-refractivity contribution in [1.29, 1.82) is 0 Å². The molecule has 1 aliphatic rings. The van der Waals surface area contributed by atoms with Crippen LogP contribution in [-0.2, 0) is 4.79 Å². The highest BCUT2D eigenvalue weighted by molar-refractivity contribution is 14.1. The molecule has 126 valence electrons. The van der Waals surface area contributed by atoms with Crippen molar-refractivity contribution < 1.29 is 9.72 Å². The van der Waals surface area contributed by atoms with Crippen molar-refractivity contribution in [3.05, 3.63) is 72.3 Å². The number of hydrogen-bond donors (Lipinski definition) is 0. The fourth-order valence-electron chi connectivity index (χ4n) is 2.37. The Balaban J connectivity index is 1.96. The number of rotatable bonds is 3. The van der Waals surface area contributed by atoms with Crippen LogP contribution in [-0.4, -0.2) is 16.5 Å². The number of benzene rings is 2. The first-order valence-electron chi connectivity index (χ1n) is 7.18. The minimum absolute atomic E-state index is 0.0517. The zero-order chi connectivity index (χ0) is 18.1. The van der Waals surface area contributed by atoms with E-state index in [0.29, 0.717) is 22.5 Å². The van der Waals surface area contributed by atoms with Gasteiger partial charge in [-0.15, -0.1) is 0 Å². The van der Waals surface area contributed by atoms with Crippen LogP contribution in [0.4, 0.5) is 11.4 Å². The summed E-state index contributed by atoms with van der Waals surface area (Å²) in [5.41, 5.74) is 1.90. The third kappa shape index (κ3) is 3.57. The summed E-state index contributed by atoms with van der Waals surface area (Å²) in [5, 5.41) is 16.7. The Morgan fingerprint density at radius 2 is 1.92 bits per heavy atom. The molecule has 0 aromatic heterocycles. The topological polar surface area (TPSA) is 75.8 Å². The number of nitro groups is 1. The third-order valence-electron chi connectivity index (χ3n) is 3.61. The summed E-state index contributed by atoms with van der Waals surface area (Å²) in [4.78, 5) is 23.1. The van der Waals surface area contributed by atoms with Gasteiger partial charge in [0.25, 0.3) is 11.6 Å². The Hall–Kier alpha value is -2.26. The molecule has 0 saturated heterocycles. The fraction of sp³-hybridized carbons (Fsp3) is 0.0588. The number of hydrazone groups is 1. The number of amides is 1. The van der Waals surface area contributed by atoms with E-state index < -0.39 is 4.92 Å². The van der Waals surface area contributed by atoms with Crippen molar-refractivity contribution in [3.63, 3.8) is 0 Å². The van der Waals surface area contributed by atoms with Crippen molar-refractivity contribution in [2.24, 2.45) is 5.10 Å². The number of carbonyl (C=O) groups is 1. The van der Waals surface area contributed by atoms with E-state index in [0.717, 1.165) is 3.57 Å². The molecule has 8 heteroatoms. The van der Waals surface area contributed by atoms with Crippen LogP contribution in [0.2, 0.25) is 5.02 Å². The lowest BCUT2D eigenvalue weighted by Gasteiger charge is -2.11. The van der Waals surface area contributed by atoms with E-state index in [2.05, 4.69) is 27.7 Å². The summed E-state index contributed by atoms with van der Waals surface area (Å²) in [5.74, 6) is -0.281. The number of halogens is 2. The SMILES string of the molecule is CC1=NN(c2ccc(I)cc2)C(=O)/C1=C\c1ccc(Cl)c([N+](=O)[O-])c1. The van der Waals surface area contributed by atoms with Crippen molar-refractivity contribution in [2.75, 3.05) is 5.01 Å². The minimum Gasteiger partial charge on any atom is -0.267 e. The molecule has 3 rings (SSSR count). The van der Waals surface area contributed by atoms with Gasteiger partial charge in [0.15, 0.2) is 0 Å². The van der Waals surface area contributed by atoms with Crippen molar-refractivity contribution in [3.8, 4) is 0 Å². The van der Waals surface area contributed by atoms with Crippen LogP contribution in [0.3, 0.4) is 0 Å². The van der Waals surface area contributed by atoms with Crippen LogP contribution < -0.4 is 5.01 Å². The zero-order valence-corrected chi connectivity index (χ0v) is 15.9. The van der Waals surface area contributed by atoms with Crippen LogP contribution in [0.15, 0.2) is 53.1 Å². The average molecular weight is 468 g/mol. The number of carbonyl (C=O) groups excluding carboxylic acids is 1. The van der Waals surface area contributed by atoms with Gasteiger partial charge in [0.1, 0.15) is 5.02 Å². The molecule has 1 aliphatic heterocycles. The van der Waals surface area contributed by atoms with Gasteiger partial charge < -0.3 is 0 Å². The second-order valence-corrected chi connectivity index (χ2v) is 6.96. The molecule has 6 nitrogen and oxygen atoms in total. The van der Waals surface area contributed by atoms with E-state index in [9.17, 15) is 14.9 Å². The molecule has 2 aromatic carbocycles. The van der Waals surface area contributed by atoms with Gasteiger partial charge in [-0.2, -0.15) is 10.1 Å². The van der Waals surface area contributed by atoms with Gasteiger partial charge in [-0.05, 0) is 71.5 Å². The molecule has 2 aromatic rings. The van der Waals surface area contributed by atoms with E-state index in [1.807, 2.05) is 24.3 Å². The Labute approximate surface area is 162 Å². The monoisotopic (exact) mass is 467 g/mol. The Morgan fingerprint density at radius 1 is 1.24 bits per heavy atom. The number of nitro benzene ring substituents is 1. The van der Waals surface area contributed by atoms with E-state index in [1.165, 1.54) is 17.1 Å². The fourth-order valence-corrected chi connectivity index (χ4v) is 2.91. The molecule has 0 bridgehead atoms. The van der Waals surface area contributed by atoms with Gasteiger partial charge in [0.2, 0.25) is 0 Å². The van der Waals surface area contributed by atoms with Crippen LogP contribution in [0.1, 0.15) is 12.5 Å². The lowest BCUT2D eigenvalue weighted by molar-refractivity contribution is -0.384. The molecule has 0 saturated carbocycles. The van der Waals surface area contributed by atoms with Gasteiger partial charge in [-0.25, -0.2) is 0 Å². The Kier molecular flexibility index (Phi) is 4.87. The summed E-state index contributed by atoms with van der Waals surface area (Å²) in [6.45, 7) is 1.72. The maximum Gasteiger partial charge on any atom is 0.288 e. The highest BCUT2D eigenvalue weighted by Crippen LogP contribution is 2.29. The Bertz CT molecular complexity index is 939. The molecular weight excluding hydrogens is 457 g/mol. The molecule has 0 unspecified atom stereocenters. The molecular formula is C17H11ClIN3O3. The predicted molar refractivity (Wildman–Crippen MR) is 106 cm³/mol. The van der Waals surface area contributed by atoms with Crippen LogP contribution in [0, 0.1) is 13.7 Å². The number of nitrogens with zero attached hydrogens (tertiary/aromatic N) is 3. The highest BCUT2D eigenvalue weighted by Gasteiger charge is 2.28. The first-order valence-corrected chi connectivity index (χ1v) is 8.64. The number of hydrogen-bond acceptors (Lipinski definition) is 4. The summed E-state index contributed by atoms with van der Waals surface area (Å²) < 4.78 is 1.05. The van der Waals surface area contributed by atoms with Gasteiger partial charge in [0.05, 0.1) is 21.9 Å². The molecule has 1 amide bonds. The summed E-state index contributed by atoms with van der Waals surface area (Å²) in [6.07, 6.45) is 1.58. The highest BCUT2D eigenvalue weighted by atomic mass is 127. The quantitative estimate of drug-likeness (QED) is 0.285. The minimum atomic E-state index is -0.556. The molecule has 0 spiro atoms. The van der Waals surface area contributed by atoms with E-state index >= 15 is 0 Å². The molecule has 0 atom stereocenters. The molecule has 0 fully saturated rings. The summed E-state index contributed by atoms with van der Waals surface area (Å²) in [6, 6.07) is 11.8. The van der Waals surface area contributed by atoms with Crippen LogP contribution in [0.5, 0.6) is 0 Å². The molecule has 0 aliphatic carbocycles. The van der Waals surface area contributed by atoms with Gasteiger partial charge in [-0.1, -0.05) is 17.7 Å². The van der Waals surface area contributed by atoms with Crippen LogP contribution >= 0.6 is 34.2 Å². The van der Waals surface area contributed by atoms with Crippen molar-refractivity contribution in [1.82, 2.24) is 0 Å². The predicted octanol–water partition coefficient (Wildman–Crippen LogP) is 4.66. The lowest BCUT2D eigenvalue weighted by atomic mass is 10.1. The largest absolute Gasteiger partial charge is 0.288 e. The Morgan fingerprint density at radius 3 is 2.56 bits per heavy atom. The third-order valence-corrected chi connectivity index (χ3v) is 4.65. The maximum atomic E-state index is 12.7. The molecule has 0 N–H and O–H groups in total. The van der Waals surface area contributed by atoms with Crippen molar-refractivity contribution in [2.45, 2.75) is 6.92 Å². The van der Waals surface area contributed by atoms with Crippen molar-refractivity contribution >= 4 is 63.3 Å². The molecule has 0 radical (unpaired) electrons. The average Bonchev–Trinajstić information content (AvgIpc) is 2.85. The van der Waals surface area contributed by atoms with Gasteiger partial charge in [0, 0.05) is 9.64 Å². The second kappa shape index (κ2) is 6.93. The maximum absolute atomic E-state index is 12.7. The normalized spacial score (nSPS) is 15.6. The van der Waals surface area contributed by atoms with Crippen LogP contribution in [0.25, 0.3) is 6.08 Å². The standard InChI is InChI=1S/C17H11ClIN3O3/c1-10-14(8-11-2-7-15(18)16(9-11)22(24)25)17(23)21(20-10)13-5-3-12(19)4-6-13/h2-9H,1H3/b14-8-. The first kappa shape index (κ1) is 17.6. The zero-order valence-electron chi connectivity index (χ0n) is 12.9. The second-order valence-electron chi connectivity index (χ2n) is 5.30. The summed E-state index contributed by atoms with van der Waals surface area (Å²) in [7, 11) is 0. The van der Waals surface area contributed by atoms with E-state index in [-0.39, 0.29) is 16.6 Å². The molecule has 1 heterocycles. The van der Waals surface area contributed by atoms with Gasteiger partial charge in [-0.3, -0.25) is 14.9 Å².